The topological polar surface area (TPSA) is 38.7 Å². The summed E-state index contributed by atoms with van der Waals surface area (Å²) in [4.78, 5) is 14.9. The molecule has 0 fully saturated rings. The van der Waals surface area contributed by atoms with E-state index in [1.807, 2.05) is 83.3 Å². The molecule has 0 bridgehead atoms. The Labute approximate surface area is 296 Å². The molecule has 234 valence electrons. The molecule has 0 aliphatic carbocycles. The number of benzene rings is 7. The number of hydrogen-bond acceptors (Lipinski definition) is 5. The minimum absolute atomic E-state index is 0.666. The second-order valence-electron chi connectivity index (χ2n) is 12.4. The molecule has 0 radical (unpaired) electrons. The van der Waals surface area contributed by atoms with E-state index in [-0.39, 0.29) is 0 Å². The van der Waals surface area contributed by atoms with Crippen molar-refractivity contribution in [2.75, 3.05) is 0 Å². The zero-order valence-electron chi connectivity index (χ0n) is 26.7. The van der Waals surface area contributed by atoms with Crippen molar-refractivity contribution in [1.29, 1.82) is 0 Å². The van der Waals surface area contributed by atoms with Crippen LogP contribution in [0, 0.1) is 0 Å². The van der Waals surface area contributed by atoms with Gasteiger partial charge >= 0.3 is 0 Å². The molecule has 50 heavy (non-hydrogen) atoms. The Kier molecular flexibility index (Phi) is 6.86. The summed E-state index contributed by atoms with van der Waals surface area (Å²) in [6.45, 7) is 0. The normalized spacial score (nSPS) is 11.6. The van der Waals surface area contributed by atoms with Crippen LogP contribution in [0.15, 0.2) is 164 Å². The highest BCUT2D eigenvalue weighted by Crippen LogP contribution is 2.48. The fourth-order valence-electron chi connectivity index (χ4n) is 7.03. The van der Waals surface area contributed by atoms with Crippen molar-refractivity contribution in [3.05, 3.63) is 164 Å². The Morgan fingerprint density at radius 3 is 1.58 bits per heavy atom. The van der Waals surface area contributed by atoms with Gasteiger partial charge in [0, 0.05) is 62.6 Å². The molecule has 3 heterocycles. The molecule has 0 spiro atoms. The molecule has 10 rings (SSSR count). The van der Waals surface area contributed by atoms with Crippen LogP contribution in [-0.4, -0.2) is 15.0 Å². The van der Waals surface area contributed by atoms with Crippen LogP contribution in [0.25, 0.3) is 96.8 Å². The number of rotatable bonds is 5. The Hall–Kier alpha value is -6.01. The highest BCUT2D eigenvalue weighted by Gasteiger charge is 2.19. The minimum Gasteiger partial charge on any atom is -0.208 e. The third-order valence-electron chi connectivity index (χ3n) is 9.36. The second kappa shape index (κ2) is 11.8. The number of hydrogen-bond donors (Lipinski definition) is 0. The van der Waals surface area contributed by atoms with Crippen LogP contribution >= 0.6 is 22.7 Å². The number of aromatic nitrogens is 3. The molecular formula is C45H27N3S2. The van der Waals surface area contributed by atoms with Gasteiger partial charge in [-0.15, -0.1) is 22.7 Å². The summed E-state index contributed by atoms with van der Waals surface area (Å²) >= 11 is 3.71. The molecule has 7 aromatic carbocycles. The van der Waals surface area contributed by atoms with Gasteiger partial charge in [-0.2, -0.15) is 0 Å². The van der Waals surface area contributed by atoms with Gasteiger partial charge in [0.15, 0.2) is 17.5 Å². The molecule has 10 aromatic rings. The third-order valence-corrected chi connectivity index (χ3v) is 11.7. The van der Waals surface area contributed by atoms with Gasteiger partial charge in [-0.05, 0) is 34.9 Å². The van der Waals surface area contributed by atoms with Crippen LogP contribution in [0.1, 0.15) is 0 Å². The first kappa shape index (κ1) is 29.0. The summed E-state index contributed by atoms with van der Waals surface area (Å²) in [7, 11) is 0. The highest BCUT2D eigenvalue weighted by molar-refractivity contribution is 7.27. The lowest BCUT2D eigenvalue weighted by molar-refractivity contribution is 1.07. The lowest BCUT2D eigenvalue weighted by Crippen LogP contribution is -1.99. The maximum Gasteiger partial charge on any atom is 0.164 e. The van der Waals surface area contributed by atoms with Gasteiger partial charge in [-0.25, -0.2) is 15.0 Å². The summed E-state index contributed by atoms with van der Waals surface area (Å²) in [6.07, 6.45) is 0. The number of fused-ring (bicyclic) bond motifs is 6. The zero-order chi connectivity index (χ0) is 33.0. The maximum atomic E-state index is 5.00. The van der Waals surface area contributed by atoms with Gasteiger partial charge in [-0.1, -0.05) is 146 Å². The molecule has 0 amide bonds. The highest BCUT2D eigenvalue weighted by atomic mass is 32.1. The van der Waals surface area contributed by atoms with Crippen LogP contribution in [0.3, 0.4) is 0 Å². The van der Waals surface area contributed by atoms with E-state index in [4.69, 9.17) is 15.0 Å². The SMILES string of the molecule is c1ccc(-c2nc(-c3ccccc3)nc(-c3ccc4c(c3)sc3cccc(-c5ccc(-c6ccccc6)c6c5sc5ccccc56)c34)n2)cc1. The van der Waals surface area contributed by atoms with Crippen molar-refractivity contribution in [2.45, 2.75) is 0 Å². The zero-order valence-corrected chi connectivity index (χ0v) is 28.4. The Balaban J connectivity index is 1.16. The fraction of sp³-hybridized carbons (Fsp3) is 0. The molecule has 0 saturated carbocycles. The second-order valence-corrected chi connectivity index (χ2v) is 14.5. The third kappa shape index (κ3) is 4.82. The molecule has 5 heteroatoms. The summed E-state index contributed by atoms with van der Waals surface area (Å²) in [6, 6.07) is 57.9. The standard InChI is InChI=1S/C45H27N3S2/c1-4-13-28(14-5-1)32-25-26-34(42-41(32)35-19-10-11-21-37(35)50-42)33-20-12-22-38-40(33)36-24-23-31(27-39(36)49-38)45-47-43(29-15-6-2-7-16-29)46-44(48-45)30-17-8-3-9-18-30/h1-27H. The molecule has 3 nitrogen and oxygen atoms in total. The number of nitrogens with zero attached hydrogens (tertiary/aromatic N) is 3. The van der Waals surface area contributed by atoms with E-state index >= 15 is 0 Å². The van der Waals surface area contributed by atoms with E-state index in [1.54, 1.807) is 0 Å². The van der Waals surface area contributed by atoms with Crippen molar-refractivity contribution >= 4 is 63.0 Å². The van der Waals surface area contributed by atoms with Crippen molar-refractivity contribution in [1.82, 2.24) is 15.0 Å². The predicted octanol–water partition coefficient (Wildman–Crippen LogP) is 12.9. The lowest BCUT2D eigenvalue weighted by atomic mass is 9.93. The Morgan fingerprint density at radius 2 is 0.880 bits per heavy atom. The van der Waals surface area contributed by atoms with Crippen molar-refractivity contribution in [3.63, 3.8) is 0 Å². The van der Waals surface area contributed by atoms with Crippen molar-refractivity contribution < 1.29 is 0 Å². The molecule has 0 aliphatic rings. The van der Waals surface area contributed by atoms with E-state index in [0.717, 1.165) is 16.7 Å². The quantitative estimate of drug-likeness (QED) is 0.182. The van der Waals surface area contributed by atoms with Gasteiger partial charge < -0.3 is 0 Å². The summed E-state index contributed by atoms with van der Waals surface area (Å²) in [5.74, 6) is 2.00. The summed E-state index contributed by atoms with van der Waals surface area (Å²) in [5.41, 5.74) is 7.95. The molecule has 0 N–H and O–H groups in total. The molecule has 3 aromatic heterocycles. The van der Waals surface area contributed by atoms with Crippen LogP contribution in [-0.2, 0) is 0 Å². The molecular weight excluding hydrogens is 647 g/mol. The van der Waals surface area contributed by atoms with E-state index < -0.39 is 0 Å². The van der Waals surface area contributed by atoms with Gasteiger partial charge in [0.05, 0.1) is 0 Å². The smallest absolute Gasteiger partial charge is 0.164 e. The molecule has 0 atom stereocenters. The minimum atomic E-state index is 0.666. The number of thiophene rings is 2. The monoisotopic (exact) mass is 673 g/mol. The molecule has 0 aliphatic heterocycles. The molecule has 0 saturated heterocycles. The summed E-state index contributed by atoms with van der Waals surface area (Å²) in [5, 5.41) is 5.16. The van der Waals surface area contributed by atoms with Crippen LogP contribution in [0.2, 0.25) is 0 Å². The lowest BCUT2D eigenvalue weighted by Gasteiger charge is -2.11. The largest absolute Gasteiger partial charge is 0.208 e. The predicted molar refractivity (Wildman–Crippen MR) is 213 cm³/mol. The van der Waals surface area contributed by atoms with Crippen LogP contribution in [0.5, 0.6) is 0 Å². The Bertz CT molecular complexity index is 2800. The van der Waals surface area contributed by atoms with Gasteiger partial charge in [0.1, 0.15) is 0 Å². The molecule has 0 unspecified atom stereocenters. The van der Waals surface area contributed by atoms with Gasteiger partial charge in [0.2, 0.25) is 0 Å². The first-order valence-corrected chi connectivity index (χ1v) is 18.2. The van der Waals surface area contributed by atoms with Crippen LogP contribution in [0.4, 0.5) is 0 Å². The van der Waals surface area contributed by atoms with E-state index in [9.17, 15) is 0 Å². The average Bonchev–Trinajstić information content (AvgIpc) is 3.77. The van der Waals surface area contributed by atoms with Gasteiger partial charge in [-0.3, -0.25) is 0 Å². The fourth-order valence-corrected chi connectivity index (χ4v) is 9.45. The van der Waals surface area contributed by atoms with Crippen molar-refractivity contribution in [3.8, 4) is 56.4 Å². The van der Waals surface area contributed by atoms with Gasteiger partial charge in [0.25, 0.3) is 0 Å². The first-order valence-electron chi connectivity index (χ1n) is 16.6. The maximum absolute atomic E-state index is 5.00. The Morgan fingerprint density at radius 1 is 0.320 bits per heavy atom. The average molecular weight is 674 g/mol. The van der Waals surface area contributed by atoms with E-state index in [1.165, 1.54) is 62.6 Å². The summed E-state index contributed by atoms with van der Waals surface area (Å²) < 4.78 is 5.10. The van der Waals surface area contributed by atoms with Crippen LogP contribution < -0.4 is 0 Å². The van der Waals surface area contributed by atoms with E-state index in [2.05, 4.69) is 103 Å². The first-order chi connectivity index (χ1) is 24.8. The van der Waals surface area contributed by atoms with E-state index in [0.29, 0.717) is 17.5 Å². The van der Waals surface area contributed by atoms with Crippen molar-refractivity contribution in [2.24, 2.45) is 0 Å².